The molecule has 1 aliphatic rings. The van der Waals surface area contributed by atoms with E-state index in [0.29, 0.717) is 28.0 Å². The molecule has 3 aromatic carbocycles. The van der Waals surface area contributed by atoms with Crippen molar-refractivity contribution in [1.82, 2.24) is 9.97 Å². The molecule has 4 aromatic rings. The molecule has 114 valence electrons. The van der Waals surface area contributed by atoms with E-state index < -0.39 is 0 Å². The average molecular weight is 314 g/mol. The van der Waals surface area contributed by atoms with Gasteiger partial charge in [-0.1, -0.05) is 42.5 Å². The maximum Gasteiger partial charge on any atom is 0.194 e. The van der Waals surface area contributed by atoms with Gasteiger partial charge in [-0.3, -0.25) is 4.79 Å². The molecule has 0 fully saturated rings. The molecular weight excluding hydrogens is 303 g/mol. The van der Waals surface area contributed by atoms with Gasteiger partial charge in [0.05, 0.1) is 11.0 Å². The summed E-state index contributed by atoms with van der Waals surface area (Å²) in [5.74, 6) is 0.359. The first-order valence-corrected chi connectivity index (χ1v) is 7.65. The monoisotopic (exact) mass is 314 g/mol. The average Bonchev–Trinajstić information content (AvgIpc) is 3.15. The summed E-state index contributed by atoms with van der Waals surface area (Å²) in [6, 6.07) is 17.7. The van der Waals surface area contributed by atoms with Gasteiger partial charge in [0.2, 0.25) is 0 Å². The van der Waals surface area contributed by atoms with E-state index in [0.717, 1.165) is 16.7 Å². The summed E-state index contributed by atoms with van der Waals surface area (Å²) in [7, 11) is 0. The van der Waals surface area contributed by atoms with Gasteiger partial charge in [-0.25, -0.2) is 9.37 Å². The van der Waals surface area contributed by atoms with Gasteiger partial charge in [-0.05, 0) is 23.8 Å². The van der Waals surface area contributed by atoms with E-state index in [-0.39, 0.29) is 11.6 Å². The van der Waals surface area contributed by atoms with Crippen LogP contribution in [0, 0.1) is 5.82 Å². The minimum atomic E-state index is -0.309. The van der Waals surface area contributed by atoms with Crippen molar-refractivity contribution in [2.75, 3.05) is 0 Å². The molecule has 0 bridgehead atoms. The molecule has 1 N–H and O–H groups in total. The van der Waals surface area contributed by atoms with Crippen molar-refractivity contribution >= 4 is 16.8 Å². The summed E-state index contributed by atoms with van der Waals surface area (Å²) in [5.41, 5.74) is 5.38. The normalized spacial score (nSPS) is 12.5. The van der Waals surface area contributed by atoms with Crippen molar-refractivity contribution in [2.45, 2.75) is 0 Å². The maximum absolute atomic E-state index is 13.4. The summed E-state index contributed by atoms with van der Waals surface area (Å²) in [6.45, 7) is 0. The molecule has 0 saturated heterocycles. The Kier molecular flexibility index (Phi) is 2.54. The third-order valence-electron chi connectivity index (χ3n) is 4.45. The van der Waals surface area contributed by atoms with Crippen molar-refractivity contribution < 1.29 is 9.18 Å². The lowest BCUT2D eigenvalue weighted by Gasteiger charge is -2.06. The second kappa shape index (κ2) is 4.61. The van der Waals surface area contributed by atoms with Gasteiger partial charge in [-0.15, -0.1) is 0 Å². The van der Waals surface area contributed by atoms with Crippen LogP contribution in [0.25, 0.3) is 33.5 Å². The first kappa shape index (κ1) is 13.2. The number of benzene rings is 3. The number of imidazole rings is 1. The number of H-pyrrole nitrogens is 1. The molecule has 0 unspecified atom stereocenters. The van der Waals surface area contributed by atoms with E-state index in [2.05, 4.69) is 9.97 Å². The Balaban J connectivity index is 1.81. The Hall–Kier alpha value is -3.27. The fraction of sp³-hybridized carbons (Fsp3) is 0. The quantitative estimate of drug-likeness (QED) is 0.492. The minimum Gasteiger partial charge on any atom is -0.338 e. The SMILES string of the molecule is O=C1c2ccccc2-c2c1cccc2-c1nc2ccc(F)cc2[nH]1. The zero-order valence-electron chi connectivity index (χ0n) is 12.5. The van der Waals surface area contributed by atoms with Crippen LogP contribution < -0.4 is 0 Å². The molecule has 0 spiro atoms. The number of aromatic nitrogens is 2. The van der Waals surface area contributed by atoms with Crippen LogP contribution >= 0.6 is 0 Å². The molecule has 0 atom stereocenters. The van der Waals surface area contributed by atoms with Crippen LogP contribution in [0.3, 0.4) is 0 Å². The summed E-state index contributed by atoms with van der Waals surface area (Å²) in [4.78, 5) is 20.3. The molecule has 1 heterocycles. The van der Waals surface area contributed by atoms with Gasteiger partial charge < -0.3 is 4.98 Å². The fourth-order valence-electron chi connectivity index (χ4n) is 3.38. The highest BCUT2D eigenvalue weighted by Gasteiger charge is 2.29. The van der Waals surface area contributed by atoms with E-state index in [1.807, 2.05) is 42.5 Å². The number of hydrogen-bond acceptors (Lipinski definition) is 2. The van der Waals surface area contributed by atoms with Crippen LogP contribution in [-0.2, 0) is 0 Å². The molecule has 3 nitrogen and oxygen atoms in total. The number of nitrogens with one attached hydrogen (secondary N) is 1. The minimum absolute atomic E-state index is 0.0320. The highest BCUT2D eigenvalue weighted by atomic mass is 19.1. The highest BCUT2D eigenvalue weighted by Crippen LogP contribution is 2.42. The molecule has 0 aliphatic heterocycles. The molecular formula is C20H11FN2O. The lowest BCUT2D eigenvalue weighted by molar-refractivity contribution is 0.104. The second-order valence-electron chi connectivity index (χ2n) is 5.85. The number of carbonyl (C=O) groups is 1. The lowest BCUT2D eigenvalue weighted by atomic mass is 9.99. The van der Waals surface area contributed by atoms with Crippen LogP contribution in [-0.4, -0.2) is 15.8 Å². The number of nitrogens with zero attached hydrogens (tertiary/aromatic N) is 1. The van der Waals surface area contributed by atoms with Crippen LogP contribution in [0.4, 0.5) is 4.39 Å². The number of ketones is 1. The zero-order chi connectivity index (χ0) is 16.3. The van der Waals surface area contributed by atoms with Gasteiger partial charge in [0.25, 0.3) is 0 Å². The Labute approximate surface area is 136 Å². The highest BCUT2D eigenvalue weighted by molar-refractivity contribution is 6.23. The van der Waals surface area contributed by atoms with E-state index in [1.54, 1.807) is 6.07 Å². The molecule has 4 heteroatoms. The van der Waals surface area contributed by atoms with Crippen molar-refractivity contribution in [3.63, 3.8) is 0 Å². The Morgan fingerprint density at radius 2 is 1.58 bits per heavy atom. The van der Waals surface area contributed by atoms with Crippen LogP contribution in [0.5, 0.6) is 0 Å². The van der Waals surface area contributed by atoms with E-state index in [1.165, 1.54) is 12.1 Å². The predicted octanol–water partition coefficient (Wildman–Crippen LogP) is 4.58. The van der Waals surface area contributed by atoms with E-state index in [9.17, 15) is 9.18 Å². The largest absolute Gasteiger partial charge is 0.338 e. The lowest BCUT2D eigenvalue weighted by Crippen LogP contribution is -1.94. The van der Waals surface area contributed by atoms with Crippen molar-refractivity contribution in [1.29, 1.82) is 0 Å². The second-order valence-corrected chi connectivity index (χ2v) is 5.85. The molecule has 1 aliphatic carbocycles. The van der Waals surface area contributed by atoms with Crippen molar-refractivity contribution in [3.05, 3.63) is 77.6 Å². The number of aromatic amines is 1. The Morgan fingerprint density at radius 1 is 0.833 bits per heavy atom. The Morgan fingerprint density at radius 3 is 2.46 bits per heavy atom. The van der Waals surface area contributed by atoms with Gasteiger partial charge in [0.15, 0.2) is 5.78 Å². The standard InChI is InChI=1S/C20H11FN2O/c21-11-8-9-16-17(10-11)23-20(22-16)15-7-3-6-14-18(15)12-4-1-2-5-13(12)19(14)24/h1-10H,(H,22,23). The Bertz CT molecular complexity index is 1140. The number of carbonyl (C=O) groups excluding carboxylic acids is 1. The summed E-state index contributed by atoms with van der Waals surface area (Å²) in [6.07, 6.45) is 0. The van der Waals surface area contributed by atoms with Crippen LogP contribution in [0.1, 0.15) is 15.9 Å². The summed E-state index contributed by atoms with van der Waals surface area (Å²) < 4.78 is 13.4. The number of rotatable bonds is 1. The molecule has 1 aromatic heterocycles. The number of hydrogen-bond donors (Lipinski definition) is 1. The van der Waals surface area contributed by atoms with Crippen molar-refractivity contribution in [3.8, 4) is 22.5 Å². The van der Waals surface area contributed by atoms with Gasteiger partial charge >= 0.3 is 0 Å². The topological polar surface area (TPSA) is 45.8 Å². The van der Waals surface area contributed by atoms with Crippen LogP contribution in [0.15, 0.2) is 60.7 Å². The smallest absolute Gasteiger partial charge is 0.194 e. The third-order valence-corrected chi connectivity index (χ3v) is 4.45. The number of halogens is 1. The van der Waals surface area contributed by atoms with Gasteiger partial charge in [-0.2, -0.15) is 0 Å². The van der Waals surface area contributed by atoms with Crippen molar-refractivity contribution in [2.24, 2.45) is 0 Å². The van der Waals surface area contributed by atoms with Gasteiger partial charge in [0, 0.05) is 22.3 Å². The predicted molar refractivity (Wildman–Crippen MR) is 90.4 cm³/mol. The molecule has 0 amide bonds. The third kappa shape index (κ3) is 1.71. The maximum atomic E-state index is 13.4. The molecule has 24 heavy (non-hydrogen) atoms. The van der Waals surface area contributed by atoms with Gasteiger partial charge in [0.1, 0.15) is 11.6 Å². The first-order valence-electron chi connectivity index (χ1n) is 7.65. The molecule has 0 radical (unpaired) electrons. The fourth-order valence-corrected chi connectivity index (χ4v) is 3.38. The molecule has 0 saturated carbocycles. The summed E-state index contributed by atoms with van der Waals surface area (Å²) in [5, 5.41) is 0. The molecule has 5 rings (SSSR count). The van der Waals surface area contributed by atoms with Crippen LogP contribution in [0.2, 0.25) is 0 Å². The van der Waals surface area contributed by atoms with E-state index in [4.69, 9.17) is 0 Å². The number of fused-ring (bicyclic) bond motifs is 4. The van der Waals surface area contributed by atoms with E-state index >= 15 is 0 Å². The summed E-state index contributed by atoms with van der Waals surface area (Å²) >= 11 is 0. The first-order chi connectivity index (χ1) is 11.7. The zero-order valence-corrected chi connectivity index (χ0v) is 12.5.